The van der Waals surface area contributed by atoms with Crippen LogP contribution < -0.4 is 4.74 Å². The largest absolute Gasteiger partial charge is 0.496 e. The number of benzene rings is 1. The normalized spacial score (nSPS) is 14.1. The highest BCUT2D eigenvalue weighted by Gasteiger charge is 2.41. The Kier molecular flexibility index (Phi) is 9.15. The smallest absolute Gasteiger partial charge is 0.277 e. The van der Waals surface area contributed by atoms with Gasteiger partial charge in [0.2, 0.25) is 0 Å². The maximum atomic E-state index is 13.3. The zero-order chi connectivity index (χ0) is 21.2. The second kappa shape index (κ2) is 11.6. The molecular weight excluding hydrogens is 372 g/mol. The molecule has 1 heterocycles. The molecule has 1 aliphatic heterocycles. The number of para-hydroxylation sites is 1. The first-order chi connectivity index (χ1) is 14.1. The molecule has 0 unspecified atom stereocenters. The van der Waals surface area contributed by atoms with Crippen molar-refractivity contribution < 1.29 is 23.8 Å². The topological polar surface area (TPSA) is 68.3 Å². The Morgan fingerprint density at radius 1 is 0.931 bits per heavy atom. The van der Waals surface area contributed by atoms with Gasteiger partial charge in [0.15, 0.2) is 0 Å². The van der Waals surface area contributed by atoms with E-state index >= 15 is 0 Å². The van der Waals surface area contributed by atoms with Crippen LogP contribution in [0.15, 0.2) is 30.0 Å². The van der Waals surface area contributed by atoms with Crippen molar-refractivity contribution in [3.63, 3.8) is 0 Å². The molecule has 7 heteroatoms. The van der Waals surface area contributed by atoms with Gasteiger partial charge < -0.3 is 19.1 Å². The molecular formula is C22H32N2O5. The number of hydrogen-bond acceptors (Lipinski definition) is 6. The number of rotatable bonds is 13. The summed E-state index contributed by atoms with van der Waals surface area (Å²) in [7, 11) is 4.79. The molecule has 0 spiro atoms. The van der Waals surface area contributed by atoms with Crippen LogP contribution in [-0.4, -0.2) is 75.8 Å². The molecule has 2 amide bonds. The van der Waals surface area contributed by atoms with Crippen LogP contribution in [0.3, 0.4) is 0 Å². The summed E-state index contributed by atoms with van der Waals surface area (Å²) in [5.41, 5.74) is 1.41. The fourth-order valence-corrected chi connectivity index (χ4v) is 3.41. The van der Waals surface area contributed by atoms with Crippen LogP contribution in [0.1, 0.15) is 31.7 Å². The van der Waals surface area contributed by atoms with Crippen LogP contribution in [-0.2, 0) is 19.1 Å². The van der Waals surface area contributed by atoms with E-state index in [2.05, 4.69) is 6.92 Å². The lowest BCUT2D eigenvalue weighted by molar-refractivity contribution is -0.137. The average Bonchev–Trinajstić information content (AvgIpc) is 2.98. The van der Waals surface area contributed by atoms with E-state index in [1.165, 1.54) is 4.90 Å². The van der Waals surface area contributed by atoms with Gasteiger partial charge in [-0.1, -0.05) is 38.0 Å². The standard InChI is InChI=1S/C22H32N2O5/c1-5-6-9-12-24-21(25)19(17-10-7-8-11-18(17)29-4)20(22(24)26)23(13-15-27-2)14-16-28-3/h7-8,10-11H,5-6,9,12-16H2,1-4H3. The third kappa shape index (κ3) is 5.36. The number of methoxy groups -OCH3 is 3. The summed E-state index contributed by atoms with van der Waals surface area (Å²) in [5, 5.41) is 0. The molecule has 1 aliphatic rings. The second-order valence-corrected chi connectivity index (χ2v) is 6.87. The fourth-order valence-electron chi connectivity index (χ4n) is 3.41. The highest BCUT2D eigenvalue weighted by Crippen LogP contribution is 2.36. The van der Waals surface area contributed by atoms with Gasteiger partial charge in [-0.25, -0.2) is 0 Å². The Labute approximate surface area is 173 Å². The van der Waals surface area contributed by atoms with Crippen molar-refractivity contribution in [1.82, 2.24) is 9.80 Å². The summed E-state index contributed by atoms with van der Waals surface area (Å²) in [5.74, 6) is 0.0274. The maximum Gasteiger partial charge on any atom is 0.277 e. The van der Waals surface area contributed by atoms with Crippen LogP contribution in [0.4, 0.5) is 0 Å². The molecule has 29 heavy (non-hydrogen) atoms. The Morgan fingerprint density at radius 3 is 2.17 bits per heavy atom. The lowest BCUT2D eigenvalue weighted by atomic mass is 10.0. The molecule has 1 aromatic rings. The van der Waals surface area contributed by atoms with E-state index in [1.54, 1.807) is 27.4 Å². The Hall–Kier alpha value is -2.38. The molecule has 0 saturated carbocycles. The van der Waals surface area contributed by atoms with E-state index in [-0.39, 0.29) is 11.8 Å². The molecule has 0 bridgehead atoms. The van der Waals surface area contributed by atoms with Crippen molar-refractivity contribution in [1.29, 1.82) is 0 Å². The van der Waals surface area contributed by atoms with E-state index in [1.807, 2.05) is 23.1 Å². The van der Waals surface area contributed by atoms with Crippen LogP contribution in [0.5, 0.6) is 5.75 Å². The molecule has 0 aliphatic carbocycles. The SMILES string of the molecule is CCCCCN1C(=O)C(c2ccccc2OC)=C(N(CCOC)CCOC)C1=O. The molecule has 0 aromatic heterocycles. The summed E-state index contributed by atoms with van der Waals surface area (Å²) in [6.07, 6.45) is 2.77. The number of nitrogens with zero attached hydrogens (tertiary/aromatic N) is 2. The fraction of sp³-hybridized carbons (Fsp3) is 0.545. The number of amides is 2. The predicted molar refractivity (Wildman–Crippen MR) is 111 cm³/mol. The molecule has 7 nitrogen and oxygen atoms in total. The summed E-state index contributed by atoms with van der Waals surface area (Å²) in [6, 6.07) is 7.30. The minimum absolute atomic E-state index is 0.265. The summed E-state index contributed by atoms with van der Waals surface area (Å²) in [4.78, 5) is 29.9. The third-order valence-electron chi connectivity index (χ3n) is 4.95. The molecule has 0 radical (unpaired) electrons. The molecule has 160 valence electrons. The average molecular weight is 405 g/mol. The lowest BCUT2D eigenvalue weighted by Gasteiger charge is -2.25. The van der Waals surface area contributed by atoms with Crippen LogP contribution in [0.25, 0.3) is 5.57 Å². The zero-order valence-electron chi connectivity index (χ0n) is 17.9. The third-order valence-corrected chi connectivity index (χ3v) is 4.95. The van der Waals surface area contributed by atoms with Crippen LogP contribution >= 0.6 is 0 Å². The van der Waals surface area contributed by atoms with Crippen molar-refractivity contribution in [2.45, 2.75) is 26.2 Å². The van der Waals surface area contributed by atoms with E-state index in [4.69, 9.17) is 14.2 Å². The van der Waals surface area contributed by atoms with Crippen molar-refractivity contribution >= 4 is 17.4 Å². The highest BCUT2D eigenvalue weighted by molar-refractivity contribution is 6.36. The predicted octanol–water partition coefficient (Wildman–Crippen LogP) is 2.56. The molecule has 1 aromatic carbocycles. The number of carbonyl (C=O) groups is 2. The van der Waals surface area contributed by atoms with E-state index in [9.17, 15) is 9.59 Å². The van der Waals surface area contributed by atoms with Gasteiger partial charge in [0.05, 0.1) is 25.9 Å². The molecule has 0 fully saturated rings. The number of carbonyl (C=O) groups excluding carboxylic acids is 2. The first kappa shape index (κ1) is 22.9. The van der Waals surface area contributed by atoms with E-state index in [0.29, 0.717) is 55.4 Å². The van der Waals surface area contributed by atoms with Gasteiger partial charge >= 0.3 is 0 Å². The first-order valence-corrected chi connectivity index (χ1v) is 10.1. The number of ether oxygens (including phenoxy) is 3. The van der Waals surface area contributed by atoms with Crippen molar-refractivity contribution in [3.05, 3.63) is 35.5 Å². The van der Waals surface area contributed by atoms with Gasteiger partial charge in [-0.05, 0) is 12.5 Å². The van der Waals surface area contributed by atoms with Crippen molar-refractivity contribution in [3.8, 4) is 5.75 Å². The second-order valence-electron chi connectivity index (χ2n) is 6.87. The number of hydrogen-bond donors (Lipinski definition) is 0. The summed E-state index contributed by atoms with van der Waals surface area (Å²) < 4.78 is 15.9. The molecule has 0 N–H and O–H groups in total. The van der Waals surface area contributed by atoms with Gasteiger partial charge in [-0.15, -0.1) is 0 Å². The van der Waals surface area contributed by atoms with Crippen molar-refractivity contribution in [2.75, 3.05) is 54.2 Å². The first-order valence-electron chi connectivity index (χ1n) is 10.1. The number of imide groups is 1. The summed E-state index contributed by atoms with van der Waals surface area (Å²) in [6.45, 7) is 4.34. The molecule has 0 saturated heterocycles. The van der Waals surface area contributed by atoms with E-state index in [0.717, 1.165) is 19.3 Å². The maximum absolute atomic E-state index is 13.3. The van der Waals surface area contributed by atoms with Gasteiger partial charge in [0.25, 0.3) is 11.8 Å². The van der Waals surface area contributed by atoms with Gasteiger partial charge in [0, 0.05) is 39.4 Å². The van der Waals surface area contributed by atoms with Crippen LogP contribution in [0.2, 0.25) is 0 Å². The quantitative estimate of drug-likeness (QED) is 0.372. The molecule has 2 rings (SSSR count). The van der Waals surface area contributed by atoms with Gasteiger partial charge in [-0.2, -0.15) is 0 Å². The Bertz CT molecular complexity index is 724. The van der Waals surface area contributed by atoms with Gasteiger partial charge in [0.1, 0.15) is 11.4 Å². The Balaban J connectivity index is 2.52. The van der Waals surface area contributed by atoms with Gasteiger partial charge in [-0.3, -0.25) is 14.5 Å². The summed E-state index contributed by atoms with van der Waals surface area (Å²) >= 11 is 0. The lowest BCUT2D eigenvalue weighted by Crippen LogP contribution is -2.38. The van der Waals surface area contributed by atoms with Crippen LogP contribution in [0, 0.1) is 0 Å². The van der Waals surface area contributed by atoms with E-state index < -0.39 is 0 Å². The Morgan fingerprint density at radius 2 is 1.59 bits per heavy atom. The minimum atomic E-state index is -0.273. The molecule has 0 atom stereocenters. The van der Waals surface area contributed by atoms with Crippen molar-refractivity contribution in [2.24, 2.45) is 0 Å². The number of unbranched alkanes of at least 4 members (excludes halogenated alkanes) is 2. The zero-order valence-corrected chi connectivity index (χ0v) is 17.9. The highest BCUT2D eigenvalue weighted by atomic mass is 16.5. The monoisotopic (exact) mass is 404 g/mol. The minimum Gasteiger partial charge on any atom is -0.496 e.